The number of rotatable bonds is 5. The van der Waals surface area contributed by atoms with Crippen molar-refractivity contribution in [2.45, 2.75) is 25.9 Å². The summed E-state index contributed by atoms with van der Waals surface area (Å²) in [6, 6.07) is 4.03. The van der Waals surface area contributed by atoms with E-state index in [4.69, 9.17) is 4.74 Å². The Morgan fingerprint density at radius 1 is 1.23 bits per heavy atom. The molecule has 22 heavy (non-hydrogen) atoms. The first-order valence-electron chi connectivity index (χ1n) is 7.57. The third kappa shape index (κ3) is 4.61. The van der Waals surface area contributed by atoms with Gasteiger partial charge in [0.05, 0.1) is 18.7 Å². The minimum absolute atomic E-state index is 0.205. The van der Waals surface area contributed by atoms with Crippen molar-refractivity contribution in [1.29, 1.82) is 0 Å². The lowest BCUT2D eigenvalue weighted by atomic mass is 9.96. The van der Waals surface area contributed by atoms with E-state index in [1.807, 2.05) is 0 Å². The lowest BCUT2D eigenvalue weighted by Gasteiger charge is -2.24. The van der Waals surface area contributed by atoms with Gasteiger partial charge in [0.2, 0.25) is 0 Å². The fourth-order valence-corrected chi connectivity index (χ4v) is 2.53. The van der Waals surface area contributed by atoms with Crippen LogP contribution >= 0.6 is 0 Å². The van der Waals surface area contributed by atoms with E-state index < -0.39 is 11.7 Å². The summed E-state index contributed by atoms with van der Waals surface area (Å²) in [6.07, 6.45) is -4.32. The summed E-state index contributed by atoms with van der Waals surface area (Å²) in [7, 11) is 0. The molecular formula is C16H23F3NO2+. The third-order valence-corrected chi connectivity index (χ3v) is 3.78. The number of benzene rings is 1. The molecule has 0 bridgehead atoms. The van der Waals surface area contributed by atoms with Gasteiger partial charge in [-0.05, 0) is 29.7 Å². The first-order valence-corrected chi connectivity index (χ1v) is 7.57. The molecule has 2 rings (SSSR count). The monoisotopic (exact) mass is 318 g/mol. The maximum Gasteiger partial charge on any atom is 0.416 e. The summed E-state index contributed by atoms with van der Waals surface area (Å²) in [5.74, 6) is 0.294. The highest BCUT2D eigenvalue weighted by molar-refractivity contribution is 5.39. The summed E-state index contributed by atoms with van der Waals surface area (Å²) in [6.45, 7) is 8.30. The molecule has 124 valence electrons. The Hall–Kier alpha value is -1.27. The van der Waals surface area contributed by atoms with Gasteiger partial charge in [-0.2, -0.15) is 13.2 Å². The van der Waals surface area contributed by atoms with Crippen LogP contribution in [0.2, 0.25) is 0 Å². The Bertz CT molecular complexity index is 483. The largest absolute Gasteiger partial charge is 0.492 e. The summed E-state index contributed by atoms with van der Waals surface area (Å²) in [5.41, 5.74) is -0.297. The molecule has 6 heteroatoms. The van der Waals surface area contributed by atoms with Crippen molar-refractivity contribution in [3.05, 3.63) is 29.3 Å². The molecule has 1 aliphatic heterocycles. The number of morpholine rings is 1. The van der Waals surface area contributed by atoms with E-state index in [9.17, 15) is 13.2 Å². The molecule has 1 aliphatic rings. The molecular weight excluding hydrogens is 295 g/mol. The first-order chi connectivity index (χ1) is 10.4. The third-order valence-electron chi connectivity index (χ3n) is 3.78. The normalized spacial score (nSPS) is 17.0. The summed E-state index contributed by atoms with van der Waals surface area (Å²) in [4.78, 5) is 2.25. The number of hydrogen-bond acceptors (Lipinski definition) is 2. The van der Waals surface area contributed by atoms with Crippen LogP contribution in [0.4, 0.5) is 13.2 Å². The Labute approximate surface area is 129 Å². The van der Waals surface area contributed by atoms with Crippen LogP contribution in [0.25, 0.3) is 0 Å². The fourth-order valence-electron chi connectivity index (χ4n) is 2.53. The molecule has 0 saturated carbocycles. The Kier molecular flexibility index (Phi) is 5.69. The van der Waals surface area contributed by atoms with Gasteiger partial charge in [-0.15, -0.1) is 0 Å². The second-order valence-corrected chi connectivity index (χ2v) is 5.76. The van der Waals surface area contributed by atoms with Crippen molar-refractivity contribution in [1.82, 2.24) is 4.90 Å². The quantitative estimate of drug-likeness (QED) is 0.780. The zero-order valence-electron chi connectivity index (χ0n) is 13.0. The number of ether oxygens (including phenoxy) is 2. The van der Waals surface area contributed by atoms with Crippen molar-refractivity contribution in [3.8, 4) is 5.75 Å². The molecule has 0 aliphatic carbocycles. The minimum atomic E-state index is -4.32. The van der Waals surface area contributed by atoms with Gasteiger partial charge < -0.3 is 9.47 Å². The van der Waals surface area contributed by atoms with Gasteiger partial charge in [0, 0.05) is 6.54 Å². The molecule has 0 spiro atoms. The maximum atomic E-state index is 13.0. The smallest absolute Gasteiger partial charge is 0.416 e. The Morgan fingerprint density at radius 2 is 1.91 bits per heavy atom. The second-order valence-electron chi connectivity index (χ2n) is 5.76. The molecule has 0 amide bonds. The van der Waals surface area contributed by atoms with E-state index in [-0.39, 0.29) is 11.5 Å². The van der Waals surface area contributed by atoms with Crippen LogP contribution in [0.3, 0.4) is 0 Å². The Balaban J connectivity index is 1.98. The average Bonchev–Trinajstić information content (AvgIpc) is 2.47. The SMILES string of the molecule is CC(C)c1cc(OCCN2CC[OH+]CC2)ccc1C(F)(F)F. The summed E-state index contributed by atoms with van der Waals surface area (Å²) in [5, 5.41) is 0. The number of hydrogen-bond donors (Lipinski definition) is 0. The lowest BCUT2D eigenvalue weighted by molar-refractivity contribution is -0.138. The number of halogens is 3. The van der Waals surface area contributed by atoms with Crippen LogP contribution < -0.4 is 4.74 Å². The van der Waals surface area contributed by atoms with E-state index in [0.29, 0.717) is 12.4 Å². The molecule has 0 unspecified atom stereocenters. The molecule has 0 radical (unpaired) electrons. The molecule has 0 atom stereocenters. The molecule has 1 N–H and O–H groups in total. The van der Waals surface area contributed by atoms with Gasteiger partial charge in [-0.25, -0.2) is 0 Å². The number of alkyl halides is 3. The van der Waals surface area contributed by atoms with Crippen LogP contribution in [-0.2, 0) is 6.18 Å². The van der Waals surface area contributed by atoms with E-state index in [2.05, 4.69) is 9.64 Å². The predicted molar refractivity (Wildman–Crippen MR) is 79.4 cm³/mol. The number of nitrogens with zero attached hydrogens (tertiary/aromatic N) is 1. The highest BCUT2D eigenvalue weighted by atomic mass is 19.4. The summed E-state index contributed by atoms with van der Waals surface area (Å²) < 4.78 is 48.8. The van der Waals surface area contributed by atoms with Crippen molar-refractivity contribution < 1.29 is 22.6 Å². The van der Waals surface area contributed by atoms with Crippen molar-refractivity contribution in [2.75, 3.05) is 39.5 Å². The van der Waals surface area contributed by atoms with Gasteiger partial charge in [0.25, 0.3) is 0 Å². The second kappa shape index (κ2) is 7.33. The van der Waals surface area contributed by atoms with Gasteiger partial charge in [0.15, 0.2) is 13.2 Å². The molecule has 1 saturated heterocycles. The molecule has 1 fully saturated rings. The zero-order valence-corrected chi connectivity index (χ0v) is 13.0. The Morgan fingerprint density at radius 3 is 2.50 bits per heavy atom. The fraction of sp³-hybridized carbons (Fsp3) is 0.625. The van der Waals surface area contributed by atoms with Crippen LogP contribution in [0, 0.1) is 0 Å². The molecule has 1 aromatic rings. The number of aliphatic hydroxyl groups is 2. The van der Waals surface area contributed by atoms with Crippen molar-refractivity contribution in [2.24, 2.45) is 0 Å². The van der Waals surface area contributed by atoms with Gasteiger partial charge in [-0.1, -0.05) is 13.8 Å². The predicted octanol–water partition coefficient (Wildman–Crippen LogP) is 3.05. The maximum absolute atomic E-state index is 13.0. The van der Waals surface area contributed by atoms with Crippen LogP contribution in [0.5, 0.6) is 5.75 Å². The van der Waals surface area contributed by atoms with Gasteiger partial charge in [-0.3, -0.25) is 4.90 Å². The van der Waals surface area contributed by atoms with Crippen LogP contribution in [0.1, 0.15) is 30.9 Å². The average molecular weight is 318 g/mol. The standard InChI is InChI=1S/C16H22F3NO2/c1-12(2)14-11-13(3-4-15(14)16(17,18)19)22-10-7-20-5-8-21-9-6-20/h3-4,11-12H,5-10H2,1-2H3/p+1. The van der Waals surface area contributed by atoms with Gasteiger partial charge in [0.1, 0.15) is 12.4 Å². The molecule has 3 nitrogen and oxygen atoms in total. The highest BCUT2D eigenvalue weighted by Crippen LogP contribution is 2.36. The zero-order chi connectivity index (χ0) is 16.2. The van der Waals surface area contributed by atoms with Gasteiger partial charge >= 0.3 is 6.18 Å². The minimum Gasteiger partial charge on any atom is -0.492 e. The topological polar surface area (TPSA) is 25.3 Å². The highest BCUT2D eigenvalue weighted by Gasteiger charge is 2.34. The van der Waals surface area contributed by atoms with Crippen LogP contribution in [0.15, 0.2) is 18.2 Å². The molecule has 0 aromatic heterocycles. The van der Waals surface area contributed by atoms with E-state index in [0.717, 1.165) is 38.9 Å². The van der Waals surface area contributed by atoms with Crippen molar-refractivity contribution >= 4 is 0 Å². The van der Waals surface area contributed by atoms with Crippen LogP contribution in [-0.4, -0.2) is 49.1 Å². The van der Waals surface area contributed by atoms with Crippen molar-refractivity contribution in [3.63, 3.8) is 0 Å². The molecule has 1 aromatic carbocycles. The van der Waals surface area contributed by atoms with E-state index in [1.165, 1.54) is 12.1 Å². The van der Waals surface area contributed by atoms with E-state index in [1.54, 1.807) is 13.8 Å². The lowest BCUT2D eigenvalue weighted by Crippen LogP contribution is -2.40. The summed E-state index contributed by atoms with van der Waals surface area (Å²) >= 11 is 0. The first kappa shape index (κ1) is 17.1. The molecule has 1 heterocycles. The van der Waals surface area contributed by atoms with E-state index >= 15 is 0 Å².